The zero-order valence-electron chi connectivity index (χ0n) is 11.4. The highest BCUT2D eigenvalue weighted by Crippen LogP contribution is 2.20. The predicted molar refractivity (Wildman–Crippen MR) is 75.2 cm³/mol. The number of nitrogens with zero attached hydrogens (tertiary/aromatic N) is 1. The van der Waals surface area contributed by atoms with Crippen molar-refractivity contribution in [2.24, 2.45) is 5.73 Å². The van der Waals surface area contributed by atoms with E-state index in [1.54, 1.807) is 25.1 Å². The number of nitrogens with two attached hydrogens (primary N) is 1. The molecule has 0 spiro atoms. The van der Waals surface area contributed by atoms with Crippen LogP contribution in [-0.2, 0) is 10.0 Å². The van der Waals surface area contributed by atoms with E-state index in [1.807, 2.05) is 13.0 Å². The van der Waals surface area contributed by atoms with Gasteiger partial charge in [-0.3, -0.25) is 0 Å². The summed E-state index contributed by atoms with van der Waals surface area (Å²) in [6.45, 7) is 3.93. The predicted octanol–water partition coefficient (Wildman–Crippen LogP) is 1.10. The Hall–Kier alpha value is -0.950. The van der Waals surface area contributed by atoms with Gasteiger partial charge in [0.05, 0.1) is 11.5 Å². The van der Waals surface area contributed by atoms with Crippen molar-refractivity contribution < 1.29 is 13.5 Å². The molecular weight excluding hydrogens is 264 g/mol. The molecule has 0 saturated carbocycles. The molecule has 1 atom stereocenters. The van der Waals surface area contributed by atoms with Gasteiger partial charge in [-0.1, -0.05) is 26.0 Å². The summed E-state index contributed by atoms with van der Waals surface area (Å²) in [5.74, 6) is 0. The number of aliphatic hydroxyl groups is 1. The highest BCUT2D eigenvalue weighted by molar-refractivity contribution is 7.89. The van der Waals surface area contributed by atoms with Crippen molar-refractivity contribution >= 4 is 10.0 Å². The van der Waals surface area contributed by atoms with E-state index in [2.05, 4.69) is 0 Å². The summed E-state index contributed by atoms with van der Waals surface area (Å²) in [5, 5.41) is 8.93. The minimum atomic E-state index is -3.56. The van der Waals surface area contributed by atoms with E-state index >= 15 is 0 Å². The summed E-state index contributed by atoms with van der Waals surface area (Å²) in [7, 11) is -3.56. The monoisotopic (exact) mass is 286 g/mol. The average molecular weight is 286 g/mol. The van der Waals surface area contributed by atoms with E-state index in [-0.39, 0.29) is 24.1 Å². The Bertz CT molecular complexity index is 502. The van der Waals surface area contributed by atoms with Crippen LogP contribution in [0, 0.1) is 0 Å². The molecule has 0 aliphatic rings. The third-order valence-electron chi connectivity index (χ3n) is 3.07. The lowest BCUT2D eigenvalue weighted by Crippen LogP contribution is -2.33. The van der Waals surface area contributed by atoms with Gasteiger partial charge in [-0.05, 0) is 24.1 Å². The van der Waals surface area contributed by atoms with Crippen LogP contribution in [0.2, 0.25) is 0 Å². The van der Waals surface area contributed by atoms with Gasteiger partial charge in [-0.2, -0.15) is 4.31 Å². The first-order valence-corrected chi connectivity index (χ1v) is 7.87. The van der Waals surface area contributed by atoms with Crippen LogP contribution in [0.5, 0.6) is 0 Å². The van der Waals surface area contributed by atoms with Gasteiger partial charge in [0, 0.05) is 19.1 Å². The summed E-state index contributed by atoms with van der Waals surface area (Å²) in [6.07, 6.45) is 0.748. The van der Waals surface area contributed by atoms with E-state index < -0.39 is 10.0 Å². The van der Waals surface area contributed by atoms with Gasteiger partial charge in [0.25, 0.3) is 0 Å². The van der Waals surface area contributed by atoms with Crippen LogP contribution in [0.3, 0.4) is 0 Å². The van der Waals surface area contributed by atoms with Crippen molar-refractivity contribution in [2.45, 2.75) is 31.2 Å². The van der Waals surface area contributed by atoms with Gasteiger partial charge >= 0.3 is 0 Å². The summed E-state index contributed by atoms with van der Waals surface area (Å²) in [6, 6.07) is 6.54. The lowest BCUT2D eigenvalue weighted by atomic mass is 10.1. The van der Waals surface area contributed by atoms with Crippen molar-refractivity contribution in [3.63, 3.8) is 0 Å². The number of hydrogen-bond acceptors (Lipinski definition) is 4. The maximum absolute atomic E-state index is 12.4. The molecule has 0 amide bonds. The lowest BCUT2D eigenvalue weighted by Gasteiger charge is -2.20. The summed E-state index contributed by atoms with van der Waals surface area (Å²) < 4.78 is 26.0. The Morgan fingerprint density at radius 2 is 2.05 bits per heavy atom. The van der Waals surface area contributed by atoms with Crippen molar-refractivity contribution in [3.8, 4) is 0 Å². The summed E-state index contributed by atoms with van der Waals surface area (Å²) in [4.78, 5) is 0.226. The summed E-state index contributed by atoms with van der Waals surface area (Å²) in [5.41, 5.74) is 6.73. The van der Waals surface area contributed by atoms with Crippen molar-refractivity contribution in [1.82, 2.24) is 4.31 Å². The lowest BCUT2D eigenvalue weighted by molar-refractivity contribution is 0.257. The molecule has 19 heavy (non-hydrogen) atoms. The molecule has 1 rings (SSSR count). The van der Waals surface area contributed by atoms with Crippen LogP contribution >= 0.6 is 0 Å². The second kappa shape index (κ2) is 7.00. The fourth-order valence-corrected chi connectivity index (χ4v) is 3.35. The highest BCUT2D eigenvalue weighted by Gasteiger charge is 2.23. The molecule has 0 aliphatic heterocycles. The second-order valence-electron chi connectivity index (χ2n) is 4.31. The third kappa shape index (κ3) is 3.76. The fourth-order valence-electron chi connectivity index (χ4n) is 1.85. The molecule has 0 bridgehead atoms. The third-order valence-corrected chi connectivity index (χ3v) is 5.04. The normalized spacial score (nSPS) is 13.7. The second-order valence-corrected chi connectivity index (χ2v) is 6.25. The van der Waals surface area contributed by atoms with Crippen LogP contribution < -0.4 is 5.73 Å². The quantitative estimate of drug-likeness (QED) is 0.786. The Kier molecular flexibility index (Phi) is 5.93. The zero-order valence-corrected chi connectivity index (χ0v) is 12.2. The van der Waals surface area contributed by atoms with Gasteiger partial charge in [0.2, 0.25) is 10.0 Å². The minimum Gasteiger partial charge on any atom is -0.395 e. The highest BCUT2D eigenvalue weighted by atomic mass is 32.2. The van der Waals surface area contributed by atoms with Crippen molar-refractivity contribution in [1.29, 1.82) is 0 Å². The van der Waals surface area contributed by atoms with Gasteiger partial charge in [-0.25, -0.2) is 8.42 Å². The first-order valence-electron chi connectivity index (χ1n) is 6.43. The van der Waals surface area contributed by atoms with Crippen molar-refractivity contribution in [3.05, 3.63) is 29.8 Å². The molecular formula is C13H22N2O3S. The number of sulfonamides is 1. The zero-order chi connectivity index (χ0) is 14.5. The Morgan fingerprint density at radius 3 is 2.58 bits per heavy atom. The van der Waals surface area contributed by atoms with Gasteiger partial charge in [0.1, 0.15) is 0 Å². The number of benzene rings is 1. The van der Waals surface area contributed by atoms with E-state index in [9.17, 15) is 8.42 Å². The van der Waals surface area contributed by atoms with Crippen LogP contribution in [-0.4, -0.2) is 37.5 Å². The average Bonchev–Trinajstić information content (AvgIpc) is 2.43. The van der Waals surface area contributed by atoms with E-state index in [4.69, 9.17) is 10.8 Å². The van der Waals surface area contributed by atoms with Crippen LogP contribution in [0.15, 0.2) is 29.2 Å². The maximum atomic E-state index is 12.4. The Balaban J connectivity index is 3.14. The molecule has 5 nitrogen and oxygen atoms in total. The van der Waals surface area contributed by atoms with Crippen LogP contribution in [0.1, 0.15) is 31.9 Å². The topological polar surface area (TPSA) is 83.6 Å². The molecule has 1 aromatic rings. The van der Waals surface area contributed by atoms with Crippen LogP contribution in [0.25, 0.3) is 0 Å². The van der Waals surface area contributed by atoms with Gasteiger partial charge < -0.3 is 10.8 Å². The molecule has 108 valence electrons. The molecule has 1 unspecified atom stereocenters. The van der Waals surface area contributed by atoms with Gasteiger partial charge in [0.15, 0.2) is 0 Å². The molecule has 0 aliphatic carbocycles. The number of hydrogen-bond donors (Lipinski definition) is 2. The van der Waals surface area contributed by atoms with E-state index in [0.29, 0.717) is 6.54 Å². The first-order chi connectivity index (χ1) is 8.97. The van der Waals surface area contributed by atoms with E-state index in [1.165, 1.54) is 4.31 Å². The Morgan fingerprint density at radius 1 is 1.37 bits per heavy atom. The van der Waals surface area contributed by atoms with E-state index in [0.717, 1.165) is 12.0 Å². The SMILES string of the molecule is CCC(N)c1cccc(S(=O)(=O)N(CC)CCO)c1. The standard InChI is InChI=1S/C13H22N2O3S/c1-3-13(14)11-6-5-7-12(10-11)19(17,18)15(4-2)8-9-16/h5-7,10,13,16H,3-4,8-9,14H2,1-2H3. The smallest absolute Gasteiger partial charge is 0.243 e. The number of rotatable bonds is 7. The molecule has 0 radical (unpaired) electrons. The summed E-state index contributed by atoms with van der Waals surface area (Å²) >= 11 is 0. The molecule has 6 heteroatoms. The largest absolute Gasteiger partial charge is 0.395 e. The Labute approximate surface area is 115 Å². The van der Waals surface area contributed by atoms with Crippen molar-refractivity contribution in [2.75, 3.05) is 19.7 Å². The molecule has 3 N–H and O–H groups in total. The van der Waals surface area contributed by atoms with Gasteiger partial charge in [-0.15, -0.1) is 0 Å². The molecule has 0 heterocycles. The molecule has 0 aromatic heterocycles. The fraction of sp³-hybridized carbons (Fsp3) is 0.538. The number of likely N-dealkylation sites (N-methyl/N-ethyl adjacent to an activating group) is 1. The molecule has 0 saturated heterocycles. The van der Waals surface area contributed by atoms with Crippen LogP contribution in [0.4, 0.5) is 0 Å². The molecule has 0 fully saturated rings. The first kappa shape index (κ1) is 16.1. The number of aliphatic hydroxyl groups excluding tert-OH is 1. The minimum absolute atomic E-state index is 0.100. The molecule has 1 aromatic carbocycles. The maximum Gasteiger partial charge on any atom is 0.243 e.